The van der Waals surface area contributed by atoms with Crippen LogP contribution in [0, 0.1) is 0 Å². The van der Waals surface area contributed by atoms with Crippen LogP contribution >= 0.6 is 0 Å². The molecule has 0 unspecified atom stereocenters. The van der Waals surface area contributed by atoms with Crippen LogP contribution in [0.3, 0.4) is 0 Å². The molecule has 0 amide bonds. The van der Waals surface area contributed by atoms with Gasteiger partial charge in [0.2, 0.25) is 0 Å². The third-order valence-corrected chi connectivity index (χ3v) is 2.82. The Kier molecular flexibility index (Phi) is 2.00. The van der Waals surface area contributed by atoms with E-state index in [1.54, 1.807) is 0 Å². The number of aromatic nitrogens is 2. The molecule has 1 aromatic carbocycles. The van der Waals surface area contributed by atoms with Gasteiger partial charge < -0.3 is 4.98 Å². The van der Waals surface area contributed by atoms with Gasteiger partial charge in [0.05, 0.1) is 0 Å². The second-order valence-corrected chi connectivity index (χ2v) is 4.02. The number of aromatic amines is 1. The molecule has 0 aliphatic rings. The van der Waals surface area contributed by atoms with Gasteiger partial charge in [0.25, 0.3) is 0 Å². The topological polar surface area (TPSA) is 19.7 Å². The first kappa shape index (κ1) is 9.16. The van der Waals surface area contributed by atoms with Crippen LogP contribution in [0.1, 0.15) is 0 Å². The molecule has 16 heavy (non-hydrogen) atoms. The van der Waals surface area contributed by atoms with Gasteiger partial charge in [0.15, 0.2) is 12.4 Å². The number of benzene rings is 1. The molecule has 3 aromatic rings. The molecule has 0 radical (unpaired) electrons. The van der Waals surface area contributed by atoms with Crippen molar-refractivity contribution in [1.29, 1.82) is 0 Å². The van der Waals surface area contributed by atoms with Gasteiger partial charge in [-0.15, -0.1) is 0 Å². The van der Waals surface area contributed by atoms with E-state index in [0.29, 0.717) is 0 Å². The number of fused-ring (bicyclic) bond motifs is 1. The summed E-state index contributed by atoms with van der Waals surface area (Å²) in [5, 5.41) is 1.26. The summed E-state index contributed by atoms with van der Waals surface area (Å²) in [4.78, 5) is 3.42. The molecule has 2 aromatic heterocycles. The van der Waals surface area contributed by atoms with Crippen molar-refractivity contribution >= 4 is 10.9 Å². The summed E-state index contributed by atoms with van der Waals surface area (Å²) in [5.74, 6) is 0. The molecule has 2 heterocycles. The smallest absolute Gasteiger partial charge is 0.169 e. The molecule has 78 valence electrons. The summed E-state index contributed by atoms with van der Waals surface area (Å²) in [7, 11) is 2.02. The van der Waals surface area contributed by atoms with Crippen LogP contribution in [0.25, 0.3) is 22.2 Å². The predicted octanol–water partition coefficient (Wildman–Crippen LogP) is 2.66. The maximum Gasteiger partial charge on any atom is 0.169 e. The van der Waals surface area contributed by atoms with E-state index in [2.05, 4.69) is 53.8 Å². The Bertz CT molecular complexity index is 588. The lowest BCUT2D eigenvalue weighted by Crippen LogP contribution is -2.25. The molecule has 0 aliphatic heterocycles. The number of nitrogens with zero attached hydrogens (tertiary/aromatic N) is 1. The van der Waals surface area contributed by atoms with Crippen molar-refractivity contribution in [3.05, 3.63) is 54.9 Å². The van der Waals surface area contributed by atoms with E-state index in [-0.39, 0.29) is 0 Å². The quantitative estimate of drug-likeness (QED) is 0.594. The lowest BCUT2D eigenvalue weighted by Gasteiger charge is -1.94. The minimum atomic E-state index is 1.17. The van der Waals surface area contributed by atoms with Crippen LogP contribution < -0.4 is 4.57 Å². The van der Waals surface area contributed by atoms with E-state index < -0.39 is 0 Å². The molecule has 3 rings (SSSR count). The zero-order chi connectivity index (χ0) is 11.0. The van der Waals surface area contributed by atoms with Gasteiger partial charge in [-0.05, 0) is 12.1 Å². The van der Waals surface area contributed by atoms with Gasteiger partial charge in [-0.3, -0.25) is 0 Å². The lowest BCUT2D eigenvalue weighted by molar-refractivity contribution is -0.671. The first-order valence-electron chi connectivity index (χ1n) is 5.36. The van der Waals surface area contributed by atoms with Gasteiger partial charge in [0.1, 0.15) is 7.05 Å². The molecule has 2 nitrogen and oxygen atoms in total. The Morgan fingerprint density at radius 3 is 2.50 bits per heavy atom. The van der Waals surface area contributed by atoms with E-state index in [1.807, 2.05) is 17.7 Å². The zero-order valence-electron chi connectivity index (χ0n) is 9.14. The maximum atomic E-state index is 3.42. The van der Waals surface area contributed by atoms with Gasteiger partial charge >= 0.3 is 0 Å². The van der Waals surface area contributed by atoms with Gasteiger partial charge in [-0.25, -0.2) is 4.57 Å². The number of para-hydroxylation sites is 1. The molecule has 0 saturated carbocycles. The number of hydrogen-bond acceptors (Lipinski definition) is 0. The highest BCUT2D eigenvalue weighted by atomic mass is 14.9. The fourth-order valence-electron chi connectivity index (χ4n) is 1.91. The molecule has 2 heteroatoms. The standard InChI is InChI=1S/C14H12N2/c1-16-8-6-11(7-9-16)14-10-12-4-2-3-5-13(12)15-14/h2-10H,1H3/p+1. The SMILES string of the molecule is C[n+]1ccc(-c2cc3ccccc3[nH]2)cc1. The van der Waals surface area contributed by atoms with Crippen molar-refractivity contribution in [2.45, 2.75) is 0 Å². The Hall–Kier alpha value is -2.09. The van der Waals surface area contributed by atoms with Crippen molar-refractivity contribution in [3.8, 4) is 11.3 Å². The number of aryl methyl sites for hydroxylation is 1. The third-order valence-electron chi connectivity index (χ3n) is 2.82. The Labute approximate surface area is 94.2 Å². The van der Waals surface area contributed by atoms with Crippen molar-refractivity contribution < 1.29 is 4.57 Å². The molecular formula is C14H13N2+. The fourth-order valence-corrected chi connectivity index (χ4v) is 1.91. The second-order valence-electron chi connectivity index (χ2n) is 4.02. The van der Waals surface area contributed by atoms with Crippen LogP contribution in [0.4, 0.5) is 0 Å². The number of H-pyrrole nitrogens is 1. The highest BCUT2D eigenvalue weighted by Gasteiger charge is 2.03. The summed E-state index contributed by atoms with van der Waals surface area (Å²) in [6.45, 7) is 0. The van der Waals surface area contributed by atoms with Gasteiger partial charge in [0, 0.05) is 34.3 Å². The first-order chi connectivity index (χ1) is 7.83. The molecule has 1 N–H and O–H groups in total. The van der Waals surface area contributed by atoms with Gasteiger partial charge in [-0.1, -0.05) is 18.2 Å². The lowest BCUT2D eigenvalue weighted by atomic mass is 10.2. The zero-order valence-corrected chi connectivity index (χ0v) is 9.14. The van der Waals surface area contributed by atoms with Crippen LogP contribution in [0.5, 0.6) is 0 Å². The average molecular weight is 209 g/mol. The van der Waals surface area contributed by atoms with Crippen molar-refractivity contribution in [1.82, 2.24) is 4.98 Å². The highest BCUT2D eigenvalue weighted by Crippen LogP contribution is 2.22. The summed E-state index contributed by atoms with van der Waals surface area (Å²) in [5.41, 5.74) is 3.57. The number of hydrogen-bond donors (Lipinski definition) is 1. The monoisotopic (exact) mass is 209 g/mol. The van der Waals surface area contributed by atoms with Gasteiger partial charge in [-0.2, -0.15) is 0 Å². The predicted molar refractivity (Wildman–Crippen MR) is 64.9 cm³/mol. The molecule has 0 saturated heterocycles. The molecule has 0 fully saturated rings. The summed E-state index contributed by atoms with van der Waals surface area (Å²) in [6.07, 6.45) is 4.11. The Morgan fingerprint density at radius 1 is 1.00 bits per heavy atom. The van der Waals surface area contributed by atoms with E-state index >= 15 is 0 Å². The third kappa shape index (κ3) is 1.48. The minimum Gasteiger partial charge on any atom is -0.355 e. The summed E-state index contributed by atoms with van der Waals surface area (Å²) in [6, 6.07) is 14.7. The molecular weight excluding hydrogens is 196 g/mol. The highest BCUT2D eigenvalue weighted by molar-refractivity contribution is 5.85. The second kappa shape index (κ2) is 3.49. The van der Waals surface area contributed by atoms with Crippen molar-refractivity contribution in [2.75, 3.05) is 0 Å². The molecule has 0 spiro atoms. The normalized spacial score (nSPS) is 10.8. The van der Waals surface area contributed by atoms with Crippen molar-refractivity contribution in [3.63, 3.8) is 0 Å². The summed E-state index contributed by atoms with van der Waals surface area (Å²) < 4.78 is 2.03. The number of nitrogens with one attached hydrogen (secondary N) is 1. The molecule has 0 atom stereocenters. The minimum absolute atomic E-state index is 1.17. The molecule has 0 aliphatic carbocycles. The van der Waals surface area contributed by atoms with Crippen LogP contribution in [-0.4, -0.2) is 4.98 Å². The first-order valence-corrected chi connectivity index (χ1v) is 5.36. The summed E-state index contributed by atoms with van der Waals surface area (Å²) >= 11 is 0. The maximum absolute atomic E-state index is 3.42. The number of pyridine rings is 1. The van der Waals surface area contributed by atoms with E-state index in [0.717, 1.165) is 0 Å². The van der Waals surface area contributed by atoms with E-state index in [1.165, 1.54) is 22.2 Å². The fraction of sp³-hybridized carbons (Fsp3) is 0.0714. The van der Waals surface area contributed by atoms with Crippen LogP contribution in [0.2, 0.25) is 0 Å². The Morgan fingerprint density at radius 2 is 1.75 bits per heavy atom. The van der Waals surface area contributed by atoms with Crippen LogP contribution in [-0.2, 0) is 7.05 Å². The van der Waals surface area contributed by atoms with E-state index in [4.69, 9.17) is 0 Å². The average Bonchev–Trinajstić information content (AvgIpc) is 2.73. The van der Waals surface area contributed by atoms with E-state index in [9.17, 15) is 0 Å². The van der Waals surface area contributed by atoms with Crippen molar-refractivity contribution in [2.24, 2.45) is 7.05 Å². The number of rotatable bonds is 1. The Balaban J connectivity index is 2.15. The molecule has 0 bridgehead atoms. The largest absolute Gasteiger partial charge is 0.355 e. The van der Waals surface area contributed by atoms with Crippen LogP contribution in [0.15, 0.2) is 54.9 Å².